The van der Waals surface area contributed by atoms with Crippen LogP contribution < -0.4 is 15.5 Å². The molecule has 2 aromatic heterocycles. The standard InChI is InChI=1S/C24H22N4O3S/c1-14-11-16-5-3-4-6-20(16)28(14)13-21-18(9-10-31-21)23(30)27-24-26-19-8-7-17(25-15(2)29)12-22(19)32-24/h3-10,12,14H,11,13H2,1-2H3,(H,25,29)(H,26,27,30). The summed E-state index contributed by atoms with van der Waals surface area (Å²) in [5.41, 5.74) is 4.45. The highest BCUT2D eigenvalue weighted by Crippen LogP contribution is 2.34. The predicted molar refractivity (Wildman–Crippen MR) is 126 cm³/mol. The molecule has 1 aliphatic heterocycles. The van der Waals surface area contributed by atoms with E-state index in [1.54, 1.807) is 18.4 Å². The molecule has 3 heterocycles. The molecule has 5 rings (SSSR count). The summed E-state index contributed by atoms with van der Waals surface area (Å²) in [7, 11) is 0. The monoisotopic (exact) mass is 446 g/mol. The van der Waals surface area contributed by atoms with Crippen molar-refractivity contribution in [2.24, 2.45) is 0 Å². The number of furan rings is 1. The zero-order valence-corrected chi connectivity index (χ0v) is 18.5. The highest BCUT2D eigenvalue weighted by molar-refractivity contribution is 7.22. The van der Waals surface area contributed by atoms with E-state index in [1.807, 2.05) is 18.2 Å². The van der Waals surface area contributed by atoms with Crippen molar-refractivity contribution in [3.8, 4) is 0 Å². The molecule has 0 fully saturated rings. The second-order valence-corrected chi connectivity index (χ2v) is 8.93. The smallest absolute Gasteiger partial charge is 0.261 e. The summed E-state index contributed by atoms with van der Waals surface area (Å²) < 4.78 is 6.58. The number of amides is 2. The fourth-order valence-electron chi connectivity index (χ4n) is 4.11. The van der Waals surface area contributed by atoms with Gasteiger partial charge in [-0.1, -0.05) is 29.5 Å². The first-order valence-corrected chi connectivity index (χ1v) is 11.2. The average Bonchev–Trinajstić information content (AvgIpc) is 3.45. The third-order valence-corrected chi connectivity index (χ3v) is 6.52. The molecule has 162 valence electrons. The first-order valence-electron chi connectivity index (χ1n) is 10.4. The topological polar surface area (TPSA) is 87.5 Å². The highest BCUT2D eigenvalue weighted by Gasteiger charge is 2.28. The van der Waals surface area contributed by atoms with Gasteiger partial charge in [0.15, 0.2) is 5.13 Å². The van der Waals surface area contributed by atoms with Crippen LogP contribution in [-0.4, -0.2) is 22.8 Å². The normalized spacial score (nSPS) is 15.1. The summed E-state index contributed by atoms with van der Waals surface area (Å²) in [5.74, 6) is 0.236. The summed E-state index contributed by atoms with van der Waals surface area (Å²) >= 11 is 1.36. The van der Waals surface area contributed by atoms with Gasteiger partial charge in [0.2, 0.25) is 5.91 Å². The maximum Gasteiger partial charge on any atom is 0.261 e. The Labute approximate surface area is 189 Å². The average molecular weight is 447 g/mol. The Hall–Kier alpha value is -3.65. The van der Waals surface area contributed by atoms with Gasteiger partial charge in [0.05, 0.1) is 28.6 Å². The molecule has 0 radical (unpaired) electrons. The number of benzene rings is 2. The van der Waals surface area contributed by atoms with Crippen molar-refractivity contribution in [1.29, 1.82) is 0 Å². The molecule has 0 saturated carbocycles. The Morgan fingerprint density at radius 1 is 1.19 bits per heavy atom. The van der Waals surface area contributed by atoms with Crippen molar-refractivity contribution in [2.45, 2.75) is 32.9 Å². The largest absolute Gasteiger partial charge is 0.467 e. The number of hydrogen-bond acceptors (Lipinski definition) is 6. The molecule has 2 N–H and O–H groups in total. The maximum absolute atomic E-state index is 13.0. The van der Waals surface area contributed by atoms with E-state index in [4.69, 9.17) is 4.42 Å². The third kappa shape index (κ3) is 3.85. The molecule has 8 heteroatoms. The fraction of sp³-hybridized carbons (Fsp3) is 0.208. The molecule has 1 atom stereocenters. The molecule has 2 aromatic carbocycles. The van der Waals surface area contributed by atoms with E-state index in [0.717, 1.165) is 16.6 Å². The van der Waals surface area contributed by atoms with Gasteiger partial charge in [0, 0.05) is 24.3 Å². The molecular weight excluding hydrogens is 424 g/mol. The van der Waals surface area contributed by atoms with E-state index < -0.39 is 0 Å². The number of nitrogens with zero attached hydrogens (tertiary/aromatic N) is 2. The van der Waals surface area contributed by atoms with E-state index >= 15 is 0 Å². The highest BCUT2D eigenvalue weighted by atomic mass is 32.1. The minimum atomic E-state index is -0.255. The minimum absolute atomic E-state index is 0.134. The third-order valence-electron chi connectivity index (χ3n) is 5.58. The van der Waals surface area contributed by atoms with Crippen LogP contribution in [-0.2, 0) is 17.8 Å². The first kappa shape index (κ1) is 20.3. The second-order valence-electron chi connectivity index (χ2n) is 7.90. The number of thiazole rings is 1. The van der Waals surface area contributed by atoms with Crippen LogP contribution in [0.1, 0.15) is 35.5 Å². The van der Waals surface area contributed by atoms with Crippen LogP contribution in [0.15, 0.2) is 59.2 Å². The van der Waals surface area contributed by atoms with Crippen molar-refractivity contribution in [1.82, 2.24) is 4.98 Å². The van der Waals surface area contributed by atoms with E-state index in [1.165, 1.54) is 29.5 Å². The van der Waals surface area contributed by atoms with Crippen molar-refractivity contribution >= 4 is 49.9 Å². The number of anilines is 3. The molecule has 7 nitrogen and oxygen atoms in total. The molecule has 0 aliphatic carbocycles. The lowest BCUT2D eigenvalue weighted by molar-refractivity contribution is -0.114. The van der Waals surface area contributed by atoms with Gasteiger partial charge in [-0.3, -0.25) is 14.9 Å². The number of nitrogens with one attached hydrogen (secondary N) is 2. The quantitative estimate of drug-likeness (QED) is 0.448. The number of aromatic nitrogens is 1. The van der Waals surface area contributed by atoms with Crippen LogP contribution in [0, 0.1) is 0 Å². The molecule has 32 heavy (non-hydrogen) atoms. The number of carbonyl (C=O) groups is 2. The van der Waals surface area contributed by atoms with Crippen LogP contribution in [0.2, 0.25) is 0 Å². The molecule has 0 saturated heterocycles. The lowest BCUT2D eigenvalue weighted by atomic mass is 10.1. The Balaban J connectivity index is 1.34. The molecule has 1 unspecified atom stereocenters. The predicted octanol–water partition coefficient (Wildman–Crippen LogP) is 5.05. The summed E-state index contributed by atoms with van der Waals surface area (Å²) in [5, 5.41) is 6.15. The van der Waals surface area contributed by atoms with Crippen molar-refractivity contribution < 1.29 is 14.0 Å². The number of fused-ring (bicyclic) bond motifs is 2. The second kappa shape index (κ2) is 8.12. The van der Waals surface area contributed by atoms with Crippen LogP contribution in [0.5, 0.6) is 0 Å². The molecule has 0 bridgehead atoms. The van der Waals surface area contributed by atoms with E-state index in [2.05, 4.69) is 45.6 Å². The Morgan fingerprint density at radius 3 is 2.88 bits per heavy atom. The van der Waals surface area contributed by atoms with E-state index in [-0.39, 0.29) is 11.8 Å². The van der Waals surface area contributed by atoms with Gasteiger partial charge in [-0.15, -0.1) is 0 Å². The van der Waals surface area contributed by atoms with Crippen LogP contribution in [0.3, 0.4) is 0 Å². The zero-order chi connectivity index (χ0) is 22.2. The SMILES string of the molecule is CC(=O)Nc1ccc2nc(NC(=O)c3ccoc3CN3c4ccccc4CC3C)sc2c1. The number of rotatable bonds is 5. The summed E-state index contributed by atoms with van der Waals surface area (Å²) in [6.45, 7) is 4.17. The van der Waals surface area contributed by atoms with Crippen LogP contribution in [0.4, 0.5) is 16.5 Å². The van der Waals surface area contributed by atoms with Crippen molar-refractivity contribution in [3.05, 3.63) is 71.7 Å². The lowest BCUT2D eigenvalue weighted by Crippen LogP contribution is -2.29. The molecule has 0 spiro atoms. The fourth-order valence-corrected chi connectivity index (χ4v) is 5.01. The summed E-state index contributed by atoms with van der Waals surface area (Å²) in [6, 6.07) is 15.8. The first-order chi connectivity index (χ1) is 15.5. The zero-order valence-electron chi connectivity index (χ0n) is 17.7. The van der Waals surface area contributed by atoms with Gasteiger partial charge in [0.1, 0.15) is 5.76 Å². The van der Waals surface area contributed by atoms with Gasteiger partial charge < -0.3 is 14.6 Å². The summed E-state index contributed by atoms with van der Waals surface area (Å²) in [6.07, 6.45) is 2.53. The molecule has 1 aliphatic rings. The Kier molecular flexibility index (Phi) is 5.14. The maximum atomic E-state index is 13.0. The van der Waals surface area contributed by atoms with Gasteiger partial charge in [-0.2, -0.15) is 0 Å². The Morgan fingerprint density at radius 2 is 2.03 bits per heavy atom. The number of hydrogen-bond donors (Lipinski definition) is 2. The minimum Gasteiger partial charge on any atom is -0.467 e. The molecule has 4 aromatic rings. The van der Waals surface area contributed by atoms with Crippen molar-refractivity contribution in [3.63, 3.8) is 0 Å². The van der Waals surface area contributed by atoms with Gasteiger partial charge in [0.25, 0.3) is 5.91 Å². The van der Waals surface area contributed by atoms with E-state index in [9.17, 15) is 9.59 Å². The Bertz CT molecular complexity index is 1330. The van der Waals surface area contributed by atoms with Gasteiger partial charge in [-0.25, -0.2) is 4.98 Å². The molecular formula is C24H22N4O3S. The van der Waals surface area contributed by atoms with Crippen LogP contribution >= 0.6 is 11.3 Å². The van der Waals surface area contributed by atoms with Gasteiger partial charge in [-0.05, 0) is 49.2 Å². The number of para-hydroxylation sites is 1. The number of carbonyl (C=O) groups excluding carboxylic acids is 2. The summed E-state index contributed by atoms with van der Waals surface area (Å²) in [4.78, 5) is 31.0. The van der Waals surface area contributed by atoms with Crippen molar-refractivity contribution in [2.75, 3.05) is 15.5 Å². The molecule has 2 amide bonds. The van der Waals surface area contributed by atoms with Gasteiger partial charge >= 0.3 is 0 Å². The lowest BCUT2D eigenvalue weighted by Gasteiger charge is -2.24. The van der Waals surface area contributed by atoms with Crippen LogP contribution in [0.25, 0.3) is 10.2 Å². The van der Waals surface area contributed by atoms with E-state index in [0.29, 0.717) is 34.7 Å².